The summed E-state index contributed by atoms with van der Waals surface area (Å²) in [7, 11) is 1.65. The fraction of sp³-hybridized carbons (Fsp3) is 0.421. The normalized spacial score (nSPS) is 11.8. The van der Waals surface area contributed by atoms with Crippen LogP contribution in [-0.4, -0.2) is 32.8 Å². The van der Waals surface area contributed by atoms with E-state index in [1.165, 1.54) is 4.88 Å². The minimum atomic E-state index is -0.167. The third-order valence-electron chi connectivity index (χ3n) is 3.62. The van der Waals surface area contributed by atoms with Gasteiger partial charge in [0, 0.05) is 29.0 Å². The monoisotopic (exact) mass is 363 g/mol. The molecule has 1 amide bonds. The summed E-state index contributed by atoms with van der Waals surface area (Å²) in [6, 6.07) is 9.29. The van der Waals surface area contributed by atoms with E-state index in [4.69, 9.17) is 14.2 Å². The molecule has 1 atom stereocenters. The summed E-state index contributed by atoms with van der Waals surface area (Å²) in [5.41, 5.74) is 0.532. The van der Waals surface area contributed by atoms with Crippen LogP contribution in [-0.2, 0) is 4.74 Å². The third kappa shape index (κ3) is 5.21. The maximum absolute atomic E-state index is 12.5. The Balaban J connectivity index is 2.05. The number of thiophene rings is 1. The molecule has 0 saturated heterocycles. The van der Waals surface area contributed by atoms with Gasteiger partial charge >= 0.3 is 0 Å². The average molecular weight is 363 g/mol. The maximum atomic E-state index is 12.5. The number of hydrogen-bond acceptors (Lipinski definition) is 5. The van der Waals surface area contributed by atoms with E-state index in [9.17, 15) is 4.79 Å². The average Bonchev–Trinajstić information content (AvgIpc) is 3.03. The number of amides is 1. The van der Waals surface area contributed by atoms with Crippen molar-refractivity contribution in [3.05, 3.63) is 45.6 Å². The van der Waals surface area contributed by atoms with Gasteiger partial charge in [0.05, 0.1) is 13.2 Å². The predicted molar refractivity (Wildman–Crippen MR) is 99.9 cm³/mol. The van der Waals surface area contributed by atoms with Gasteiger partial charge in [0.2, 0.25) is 0 Å². The van der Waals surface area contributed by atoms with Crippen molar-refractivity contribution in [2.75, 3.05) is 26.9 Å². The van der Waals surface area contributed by atoms with Crippen molar-refractivity contribution < 1.29 is 19.0 Å². The molecule has 136 valence electrons. The molecule has 0 aliphatic rings. The molecular weight excluding hydrogens is 338 g/mol. The zero-order chi connectivity index (χ0) is 18.2. The number of nitrogens with one attached hydrogen (secondary N) is 1. The molecule has 0 aliphatic heterocycles. The van der Waals surface area contributed by atoms with Crippen LogP contribution >= 0.6 is 11.3 Å². The maximum Gasteiger partial charge on any atom is 0.251 e. The molecule has 1 aromatic carbocycles. The summed E-state index contributed by atoms with van der Waals surface area (Å²) in [5.74, 6) is 1.05. The zero-order valence-corrected chi connectivity index (χ0v) is 15.9. The van der Waals surface area contributed by atoms with E-state index in [1.807, 2.05) is 19.9 Å². The van der Waals surface area contributed by atoms with E-state index in [2.05, 4.69) is 18.3 Å². The second kappa shape index (κ2) is 9.44. The van der Waals surface area contributed by atoms with Gasteiger partial charge < -0.3 is 19.5 Å². The molecule has 0 spiro atoms. The van der Waals surface area contributed by atoms with E-state index in [1.54, 1.807) is 36.6 Å². The van der Waals surface area contributed by atoms with Crippen LogP contribution in [0.3, 0.4) is 0 Å². The molecule has 5 nitrogen and oxygen atoms in total. The van der Waals surface area contributed by atoms with Crippen molar-refractivity contribution in [1.29, 1.82) is 0 Å². The Labute approximate surface area is 152 Å². The van der Waals surface area contributed by atoms with Crippen LogP contribution in [0.1, 0.15) is 40.1 Å². The van der Waals surface area contributed by atoms with Gasteiger partial charge in [-0.3, -0.25) is 4.79 Å². The fourth-order valence-corrected chi connectivity index (χ4v) is 3.36. The number of aryl methyl sites for hydroxylation is 1. The van der Waals surface area contributed by atoms with Crippen molar-refractivity contribution >= 4 is 17.2 Å². The highest BCUT2D eigenvalue weighted by atomic mass is 32.1. The predicted octanol–water partition coefficient (Wildman–Crippen LogP) is 3.97. The standard InChI is InChI=1S/C19H25NO4S/c1-5-23-15-9-8-14(11-16(15)24-6-2)19(21)20-12-17(22-4)18-10-7-13(3)25-18/h7-11,17H,5-6,12H2,1-4H3,(H,20,21). The van der Waals surface area contributed by atoms with Crippen LogP contribution in [0.2, 0.25) is 0 Å². The molecule has 0 radical (unpaired) electrons. The number of hydrogen-bond donors (Lipinski definition) is 1. The number of ether oxygens (including phenoxy) is 3. The first kappa shape index (κ1) is 19.3. The highest BCUT2D eigenvalue weighted by Gasteiger charge is 2.16. The van der Waals surface area contributed by atoms with Crippen LogP contribution in [0.25, 0.3) is 0 Å². The van der Waals surface area contributed by atoms with Gasteiger partial charge in [0.15, 0.2) is 11.5 Å². The first-order valence-corrected chi connectivity index (χ1v) is 9.17. The van der Waals surface area contributed by atoms with Crippen LogP contribution in [0.5, 0.6) is 11.5 Å². The molecular formula is C19H25NO4S. The summed E-state index contributed by atoms with van der Waals surface area (Å²) in [6.07, 6.45) is -0.156. The molecule has 2 aromatic rings. The number of benzene rings is 1. The highest BCUT2D eigenvalue weighted by molar-refractivity contribution is 7.12. The molecule has 0 saturated carbocycles. The molecule has 6 heteroatoms. The molecule has 1 heterocycles. The molecule has 0 bridgehead atoms. The Morgan fingerprint density at radius 1 is 1.12 bits per heavy atom. The molecule has 1 N–H and O–H groups in total. The van der Waals surface area contributed by atoms with Gasteiger partial charge in [-0.05, 0) is 51.1 Å². The Morgan fingerprint density at radius 3 is 2.44 bits per heavy atom. The summed E-state index contributed by atoms with van der Waals surface area (Å²) in [5, 5.41) is 2.92. The molecule has 1 aromatic heterocycles. The highest BCUT2D eigenvalue weighted by Crippen LogP contribution is 2.29. The smallest absolute Gasteiger partial charge is 0.251 e. The largest absolute Gasteiger partial charge is 0.490 e. The zero-order valence-electron chi connectivity index (χ0n) is 15.1. The Kier molecular flexibility index (Phi) is 7.28. The minimum absolute atomic E-state index is 0.156. The van der Waals surface area contributed by atoms with Crippen LogP contribution < -0.4 is 14.8 Å². The summed E-state index contributed by atoms with van der Waals surface area (Å²) >= 11 is 1.67. The van der Waals surface area contributed by atoms with Crippen LogP contribution in [0.4, 0.5) is 0 Å². The first-order valence-electron chi connectivity index (χ1n) is 8.36. The molecule has 1 unspecified atom stereocenters. The van der Waals surface area contributed by atoms with E-state index in [0.717, 1.165) is 4.88 Å². The number of carbonyl (C=O) groups excluding carboxylic acids is 1. The van der Waals surface area contributed by atoms with E-state index >= 15 is 0 Å². The summed E-state index contributed by atoms with van der Waals surface area (Å²) in [4.78, 5) is 14.8. The van der Waals surface area contributed by atoms with Crippen molar-refractivity contribution in [1.82, 2.24) is 5.32 Å². The first-order chi connectivity index (χ1) is 12.1. The lowest BCUT2D eigenvalue weighted by Gasteiger charge is -2.16. The van der Waals surface area contributed by atoms with E-state index < -0.39 is 0 Å². The fourth-order valence-electron chi connectivity index (χ4n) is 2.41. The topological polar surface area (TPSA) is 56.8 Å². The molecule has 0 fully saturated rings. The van der Waals surface area contributed by atoms with Gasteiger partial charge in [-0.1, -0.05) is 0 Å². The van der Waals surface area contributed by atoms with Crippen LogP contribution in [0.15, 0.2) is 30.3 Å². The van der Waals surface area contributed by atoms with Gasteiger partial charge in [-0.15, -0.1) is 11.3 Å². The quantitative estimate of drug-likeness (QED) is 0.732. The van der Waals surface area contributed by atoms with Crippen molar-refractivity contribution in [2.45, 2.75) is 26.9 Å². The van der Waals surface area contributed by atoms with Crippen molar-refractivity contribution in [2.24, 2.45) is 0 Å². The molecule has 2 rings (SSSR count). The number of rotatable bonds is 9. The second-order valence-electron chi connectivity index (χ2n) is 5.41. The second-order valence-corrected chi connectivity index (χ2v) is 6.73. The van der Waals surface area contributed by atoms with Crippen LogP contribution in [0, 0.1) is 6.92 Å². The molecule has 0 aliphatic carbocycles. The lowest BCUT2D eigenvalue weighted by molar-refractivity contribution is 0.0837. The van der Waals surface area contributed by atoms with Gasteiger partial charge in [0.25, 0.3) is 5.91 Å². The Bertz CT molecular complexity index is 698. The SMILES string of the molecule is CCOc1ccc(C(=O)NCC(OC)c2ccc(C)s2)cc1OCC. The third-order valence-corrected chi connectivity index (χ3v) is 4.71. The number of carbonyl (C=O) groups is 1. The lowest BCUT2D eigenvalue weighted by Crippen LogP contribution is -2.28. The van der Waals surface area contributed by atoms with Gasteiger partial charge in [-0.25, -0.2) is 0 Å². The number of methoxy groups -OCH3 is 1. The lowest BCUT2D eigenvalue weighted by atomic mass is 10.2. The van der Waals surface area contributed by atoms with E-state index in [-0.39, 0.29) is 12.0 Å². The van der Waals surface area contributed by atoms with Gasteiger partial charge in [0.1, 0.15) is 6.10 Å². The Hall–Kier alpha value is -2.05. The summed E-state index contributed by atoms with van der Waals surface area (Å²) in [6.45, 7) is 7.32. The molecule has 25 heavy (non-hydrogen) atoms. The van der Waals surface area contributed by atoms with Crippen molar-refractivity contribution in [3.63, 3.8) is 0 Å². The van der Waals surface area contributed by atoms with Crippen molar-refractivity contribution in [3.8, 4) is 11.5 Å². The van der Waals surface area contributed by atoms with E-state index in [0.29, 0.717) is 36.8 Å². The minimum Gasteiger partial charge on any atom is -0.490 e. The van der Waals surface area contributed by atoms with Gasteiger partial charge in [-0.2, -0.15) is 0 Å². The summed E-state index contributed by atoms with van der Waals surface area (Å²) < 4.78 is 16.6. The Morgan fingerprint density at radius 2 is 1.84 bits per heavy atom.